The number of rotatable bonds is 3. The van der Waals surface area contributed by atoms with Crippen LogP contribution in [0.3, 0.4) is 0 Å². The summed E-state index contributed by atoms with van der Waals surface area (Å²) in [5.41, 5.74) is 5.41. The van der Waals surface area contributed by atoms with Crippen LogP contribution in [0, 0.1) is 17.6 Å². The van der Waals surface area contributed by atoms with Gasteiger partial charge in [-0.3, -0.25) is 4.79 Å². The summed E-state index contributed by atoms with van der Waals surface area (Å²) in [7, 11) is 0. The van der Waals surface area contributed by atoms with Crippen LogP contribution in [0.4, 0.5) is 8.78 Å². The molecule has 0 radical (unpaired) electrons. The summed E-state index contributed by atoms with van der Waals surface area (Å²) in [6.45, 7) is 1.92. The van der Waals surface area contributed by atoms with Crippen LogP contribution < -0.4 is 5.73 Å². The van der Waals surface area contributed by atoms with Gasteiger partial charge in [0.2, 0.25) is 5.91 Å². The lowest BCUT2D eigenvalue weighted by Crippen LogP contribution is -2.39. The zero-order valence-corrected chi connectivity index (χ0v) is 11.2. The number of halogens is 2. The van der Waals surface area contributed by atoms with Crippen LogP contribution >= 0.6 is 0 Å². The van der Waals surface area contributed by atoms with Crippen molar-refractivity contribution in [2.45, 2.75) is 12.8 Å². The highest BCUT2D eigenvalue weighted by Crippen LogP contribution is 2.17. The Hall–Kier alpha value is -1.75. The highest BCUT2D eigenvalue weighted by atomic mass is 19.1. The highest BCUT2D eigenvalue weighted by molar-refractivity contribution is 5.91. The summed E-state index contributed by atoms with van der Waals surface area (Å²) in [6, 6.07) is 3.63. The van der Waals surface area contributed by atoms with Gasteiger partial charge in [0.15, 0.2) is 0 Å². The molecular formula is C15H18F2N2O. The maximum atomic E-state index is 13.4. The number of amides is 1. The molecule has 1 aliphatic heterocycles. The summed E-state index contributed by atoms with van der Waals surface area (Å²) in [6.07, 6.45) is 4.18. The number of piperidine rings is 1. The fourth-order valence-electron chi connectivity index (χ4n) is 2.32. The number of likely N-dealkylation sites (tertiary alicyclic amines) is 1. The van der Waals surface area contributed by atoms with E-state index in [9.17, 15) is 13.6 Å². The lowest BCUT2D eigenvalue weighted by Gasteiger charge is -2.30. The van der Waals surface area contributed by atoms with Crippen LogP contribution in [0.25, 0.3) is 6.08 Å². The first kappa shape index (κ1) is 14.7. The first-order valence-corrected chi connectivity index (χ1v) is 6.73. The van der Waals surface area contributed by atoms with Gasteiger partial charge < -0.3 is 10.6 Å². The fourth-order valence-corrected chi connectivity index (χ4v) is 2.32. The monoisotopic (exact) mass is 280 g/mol. The summed E-state index contributed by atoms with van der Waals surface area (Å²) in [4.78, 5) is 13.6. The first-order chi connectivity index (χ1) is 9.61. The Balaban J connectivity index is 2.00. The summed E-state index contributed by atoms with van der Waals surface area (Å²) in [5, 5.41) is 0. The summed E-state index contributed by atoms with van der Waals surface area (Å²) < 4.78 is 26.8. The van der Waals surface area contributed by atoms with E-state index in [1.807, 2.05) is 0 Å². The van der Waals surface area contributed by atoms with Crippen LogP contribution in [0.5, 0.6) is 0 Å². The van der Waals surface area contributed by atoms with E-state index in [0.29, 0.717) is 25.6 Å². The van der Waals surface area contributed by atoms with E-state index < -0.39 is 11.6 Å². The Morgan fingerprint density at radius 1 is 1.30 bits per heavy atom. The minimum atomic E-state index is -0.670. The molecule has 20 heavy (non-hydrogen) atoms. The smallest absolute Gasteiger partial charge is 0.246 e. The number of hydrogen-bond acceptors (Lipinski definition) is 2. The number of hydrogen-bond donors (Lipinski definition) is 1. The normalized spacial score (nSPS) is 16.9. The highest BCUT2D eigenvalue weighted by Gasteiger charge is 2.20. The Morgan fingerprint density at radius 3 is 2.45 bits per heavy atom. The van der Waals surface area contributed by atoms with E-state index in [1.54, 1.807) is 4.90 Å². The molecule has 1 fully saturated rings. The van der Waals surface area contributed by atoms with Crippen molar-refractivity contribution in [3.05, 3.63) is 41.5 Å². The molecule has 3 nitrogen and oxygen atoms in total. The standard InChI is InChI=1S/C15H18F2N2O/c16-13-2-1-3-14(17)12(13)4-5-15(20)19-8-6-11(10-18)7-9-19/h1-5,11H,6-10,18H2/b5-4+. The molecule has 108 valence electrons. The van der Waals surface area contributed by atoms with Crippen molar-refractivity contribution in [2.75, 3.05) is 19.6 Å². The molecule has 1 amide bonds. The van der Waals surface area contributed by atoms with Crippen molar-refractivity contribution >= 4 is 12.0 Å². The molecule has 2 N–H and O–H groups in total. The van der Waals surface area contributed by atoms with Crippen LogP contribution in [0.1, 0.15) is 18.4 Å². The van der Waals surface area contributed by atoms with Gasteiger partial charge in [-0.05, 0) is 43.5 Å². The van der Waals surface area contributed by atoms with E-state index in [1.165, 1.54) is 30.4 Å². The van der Waals surface area contributed by atoms with Gasteiger partial charge in [-0.15, -0.1) is 0 Å². The van der Waals surface area contributed by atoms with Crippen molar-refractivity contribution in [2.24, 2.45) is 11.7 Å². The zero-order chi connectivity index (χ0) is 14.5. The topological polar surface area (TPSA) is 46.3 Å². The van der Waals surface area contributed by atoms with Gasteiger partial charge in [0.25, 0.3) is 0 Å². The minimum Gasteiger partial charge on any atom is -0.339 e. The van der Waals surface area contributed by atoms with Crippen molar-refractivity contribution in [3.8, 4) is 0 Å². The lowest BCUT2D eigenvalue weighted by atomic mass is 9.97. The Bertz CT molecular complexity index is 488. The molecule has 1 aromatic carbocycles. The van der Waals surface area contributed by atoms with Crippen molar-refractivity contribution < 1.29 is 13.6 Å². The van der Waals surface area contributed by atoms with Gasteiger partial charge in [0.1, 0.15) is 11.6 Å². The van der Waals surface area contributed by atoms with Gasteiger partial charge in [-0.2, -0.15) is 0 Å². The Morgan fingerprint density at radius 2 is 1.90 bits per heavy atom. The van der Waals surface area contributed by atoms with Gasteiger partial charge >= 0.3 is 0 Å². The van der Waals surface area contributed by atoms with Crippen molar-refractivity contribution in [1.29, 1.82) is 0 Å². The predicted molar refractivity (Wildman–Crippen MR) is 73.8 cm³/mol. The molecular weight excluding hydrogens is 262 g/mol. The second kappa shape index (κ2) is 6.61. The first-order valence-electron chi connectivity index (χ1n) is 6.73. The maximum absolute atomic E-state index is 13.4. The molecule has 0 saturated carbocycles. The zero-order valence-electron chi connectivity index (χ0n) is 11.2. The van der Waals surface area contributed by atoms with Gasteiger partial charge in [0.05, 0.1) is 0 Å². The van der Waals surface area contributed by atoms with E-state index in [-0.39, 0.29) is 11.5 Å². The van der Waals surface area contributed by atoms with E-state index in [4.69, 9.17) is 5.73 Å². The van der Waals surface area contributed by atoms with Gasteiger partial charge in [-0.1, -0.05) is 6.07 Å². The second-order valence-electron chi connectivity index (χ2n) is 4.97. The minimum absolute atomic E-state index is 0.183. The van der Waals surface area contributed by atoms with Crippen LogP contribution in [-0.2, 0) is 4.79 Å². The van der Waals surface area contributed by atoms with Crippen LogP contribution in [-0.4, -0.2) is 30.4 Å². The number of carbonyl (C=O) groups excluding carboxylic acids is 1. The third-order valence-electron chi connectivity index (χ3n) is 3.65. The molecule has 1 aliphatic rings. The molecule has 0 aliphatic carbocycles. The molecule has 1 heterocycles. The maximum Gasteiger partial charge on any atom is 0.246 e. The molecule has 2 rings (SSSR count). The molecule has 0 unspecified atom stereocenters. The molecule has 5 heteroatoms. The average molecular weight is 280 g/mol. The number of benzene rings is 1. The second-order valence-corrected chi connectivity index (χ2v) is 4.97. The third kappa shape index (κ3) is 3.42. The largest absolute Gasteiger partial charge is 0.339 e. The SMILES string of the molecule is NCC1CCN(C(=O)/C=C/c2c(F)cccc2F)CC1. The molecule has 1 aromatic rings. The summed E-state index contributed by atoms with van der Waals surface area (Å²) in [5.74, 6) is -1.10. The molecule has 0 spiro atoms. The Kier molecular flexibility index (Phi) is 4.84. The molecule has 1 saturated heterocycles. The number of carbonyl (C=O) groups is 1. The molecule has 0 bridgehead atoms. The molecule has 0 aromatic heterocycles. The van der Waals surface area contributed by atoms with Crippen LogP contribution in [0.15, 0.2) is 24.3 Å². The average Bonchev–Trinajstić information content (AvgIpc) is 2.46. The molecule has 0 atom stereocenters. The van der Waals surface area contributed by atoms with Crippen molar-refractivity contribution in [3.63, 3.8) is 0 Å². The van der Waals surface area contributed by atoms with Gasteiger partial charge in [0, 0.05) is 24.7 Å². The van der Waals surface area contributed by atoms with E-state index in [2.05, 4.69) is 0 Å². The van der Waals surface area contributed by atoms with Crippen LogP contribution in [0.2, 0.25) is 0 Å². The van der Waals surface area contributed by atoms with E-state index >= 15 is 0 Å². The third-order valence-corrected chi connectivity index (χ3v) is 3.65. The predicted octanol–water partition coefficient (Wildman–Crippen LogP) is 2.18. The van der Waals surface area contributed by atoms with E-state index in [0.717, 1.165) is 12.8 Å². The fraction of sp³-hybridized carbons (Fsp3) is 0.400. The Labute approximate surface area is 117 Å². The van der Waals surface area contributed by atoms with Crippen molar-refractivity contribution in [1.82, 2.24) is 4.90 Å². The number of nitrogens with zero attached hydrogens (tertiary/aromatic N) is 1. The van der Waals surface area contributed by atoms with Gasteiger partial charge in [-0.25, -0.2) is 8.78 Å². The quantitative estimate of drug-likeness (QED) is 0.863. The number of nitrogens with two attached hydrogens (primary N) is 1. The lowest BCUT2D eigenvalue weighted by molar-refractivity contribution is -0.127. The summed E-state index contributed by atoms with van der Waals surface area (Å²) >= 11 is 0.